The highest BCUT2D eigenvalue weighted by molar-refractivity contribution is 7.86. The Kier molecular flexibility index (Phi) is 4.88. The van der Waals surface area contributed by atoms with Gasteiger partial charge in [-0.15, -0.1) is 0 Å². The van der Waals surface area contributed by atoms with Gasteiger partial charge in [0.1, 0.15) is 5.75 Å². The van der Waals surface area contributed by atoms with Crippen LogP contribution in [0.15, 0.2) is 53.4 Å². The second-order valence-electron chi connectivity index (χ2n) is 4.50. The molecule has 2 rings (SSSR count). The number of halogens is 1. The predicted octanol–water partition coefficient (Wildman–Crippen LogP) is 3.78. The van der Waals surface area contributed by atoms with Crippen molar-refractivity contribution in [1.29, 1.82) is 0 Å². The highest BCUT2D eigenvalue weighted by atomic mass is 35.5. The van der Waals surface area contributed by atoms with Gasteiger partial charge in [-0.25, -0.2) is 4.18 Å². The standard InChI is InChI=1S/C15H15ClO4S/c1-11-3-9-15(10-4-11)21(17,18)20-12(2)19-14-7-5-13(16)6-8-14/h3-10,12H,1-2H3. The Hall–Kier alpha value is -1.56. The van der Waals surface area contributed by atoms with Crippen LogP contribution in [0.5, 0.6) is 5.75 Å². The van der Waals surface area contributed by atoms with Gasteiger partial charge in [-0.05, 0) is 50.2 Å². The van der Waals surface area contributed by atoms with E-state index in [1.807, 2.05) is 6.92 Å². The molecule has 1 atom stereocenters. The lowest BCUT2D eigenvalue weighted by Gasteiger charge is -2.15. The summed E-state index contributed by atoms with van der Waals surface area (Å²) >= 11 is 5.76. The first-order valence-corrected chi connectivity index (χ1v) is 8.07. The van der Waals surface area contributed by atoms with E-state index >= 15 is 0 Å². The summed E-state index contributed by atoms with van der Waals surface area (Å²) in [7, 11) is -3.86. The van der Waals surface area contributed by atoms with Crippen molar-refractivity contribution in [2.75, 3.05) is 0 Å². The van der Waals surface area contributed by atoms with Gasteiger partial charge in [-0.3, -0.25) is 0 Å². The van der Waals surface area contributed by atoms with Crippen molar-refractivity contribution in [1.82, 2.24) is 0 Å². The van der Waals surface area contributed by atoms with Gasteiger partial charge in [0.15, 0.2) is 0 Å². The van der Waals surface area contributed by atoms with Gasteiger partial charge in [0, 0.05) is 5.02 Å². The minimum atomic E-state index is -3.86. The van der Waals surface area contributed by atoms with Gasteiger partial charge in [-0.2, -0.15) is 8.42 Å². The van der Waals surface area contributed by atoms with Gasteiger partial charge < -0.3 is 4.74 Å². The molecule has 4 nitrogen and oxygen atoms in total. The van der Waals surface area contributed by atoms with Crippen LogP contribution in [-0.4, -0.2) is 14.7 Å². The van der Waals surface area contributed by atoms with Crippen molar-refractivity contribution in [3.05, 3.63) is 59.1 Å². The number of aryl methyl sites for hydroxylation is 1. The Bertz CT molecular complexity index is 693. The smallest absolute Gasteiger partial charge is 0.300 e. The summed E-state index contributed by atoms with van der Waals surface area (Å²) in [5.41, 5.74) is 0.972. The second-order valence-corrected chi connectivity index (χ2v) is 6.51. The molecule has 0 amide bonds. The van der Waals surface area contributed by atoms with E-state index in [9.17, 15) is 8.42 Å². The van der Waals surface area contributed by atoms with Gasteiger partial charge >= 0.3 is 0 Å². The molecule has 0 fully saturated rings. The average molecular weight is 327 g/mol. The highest BCUT2D eigenvalue weighted by Gasteiger charge is 2.19. The maximum Gasteiger partial charge on any atom is 0.300 e. The fraction of sp³-hybridized carbons (Fsp3) is 0.200. The molecule has 112 valence electrons. The van der Waals surface area contributed by atoms with E-state index < -0.39 is 16.4 Å². The molecule has 0 radical (unpaired) electrons. The molecule has 0 heterocycles. The van der Waals surface area contributed by atoms with Crippen molar-refractivity contribution in [2.24, 2.45) is 0 Å². The number of rotatable bonds is 5. The zero-order valence-electron chi connectivity index (χ0n) is 11.6. The maximum atomic E-state index is 12.1. The molecule has 0 aliphatic heterocycles. The van der Waals surface area contributed by atoms with Gasteiger partial charge in [0.2, 0.25) is 6.29 Å². The first-order chi connectivity index (χ1) is 9.87. The molecule has 2 aromatic carbocycles. The summed E-state index contributed by atoms with van der Waals surface area (Å²) in [6, 6.07) is 13.0. The van der Waals surface area contributed by atoms with E-state index in [-0.39, 0.29) is 4.90 Å². The highest BCUT2D eigenvalue weighted by Crippen LogP contribution is 2.20. The third kappa shape index (κ3) is 4.46. The lowest BCUT2D eigenvalue weighted by molar-refractivity contribution is 0.0282. The fourth-order valence-corrected chi connectivity index (χ4v) is 2.77. The van der Waals surface area contributed by atoms with Crippen molar-refractivity contribution < 1.29 is 17.3 Å². The number of ether oxygens (including phenoxy) is 1. The minimum absolute atomic E-state index is 0.0969. The van der Waals surface area contributed by atoms with Crippen molar-refractivity contribution in [2.45, 2.75) is 25.0 Å². The Morgan fingerprint density at radius 2 is 1.57 bits per heavy atom. The molecule has 0 spiro atoms. The van der Waals surface area contributed by atoms with E-state index in [1.165, 1.54) is 19.1 Å². The predicted molar refractivity (Wildman–Crippen MR) is 81.0 cm³/mol. The largest absolute Gasteiger partial charge is 0.464 e. The number of hydrogen-bond donors (Lipinski definition) is 0. The van der Waals surface area contributed by atoms with E-state index in [1.54, 1.807) is 36.4 Å². The molecular weight excluding hydrogens is 312 g/mol. The van der Waals surface area contributed by atoms with Gasteiger partial charge in [0.05, 0.1) is 4.90 Å². The normalized spacial score (nSPS) is 12.9. The van der Waals surface area contributed by atoms with Crippen molar-refractivity contribution in [3.8, 4) is 5.75 Å². The molecular formula is C15H15ClO4S. The molecule has 0 aliphatic carbocycles. The molecule has 1 unspecified atom stereocenters. The third-order valence-corrected chi connectivity index (χ3v) is 4.31. The van der Waals surface area contributed by atoms with Crippen LogP contribution in [0, 0.1) is 6.92 Å². The topological polar surface area (TPSA) is 52.6 Å². The first-order valence-electron chi connectivity index (χ1n) is 6.29. The van der Waals surface area contributed by atoms with Crippen LogP contribution >= 0.6 is 11.6 Å². The number of hydrogen-bond acceptors (Lipinski definition) is 4. The average Bonchev–Trinajstić information content (AvgIpc) is 2.41. The van der Waals surface area contributed by atoms with E-state index in [4.69, 9.17) is 20.5 Å². The van der Waals surface area contributed by atoms with Gasteiger partial charge in [0.25, 0.3) is 10.1 Å². The molecule has 0 N–H and O–H groups in total. The summed E-state index contributed by atoms with van der Waals surface area (Å²) in [6.45, 7) is 3.39. The van der Waals surface area contributed by atoms with Crippen LogP contribution in [0.3, 0.4) is 0 Å². The zero-order valence-corrected chi connectivity index (χ0v) is 13.2. The Morgan fingerprint density at radius 3 is 2.14 bits per heavy atom. The van der Waals surface area contributed by atoms with Crippen LogP contribution < -0.4 is 4.74 Å². The monoisotopic (exact) mass is 326 g/mol. The molecule has 0 saturated carbocycles. The lowest BCUT2D eigenvalue weighted by Crippen LogP contribution is -2.21. The van der Waals surface area contributed by atoms with Crippen molar-refractivity contribution in [3.63, 3.8) is 0 Å². The third-order valence-electron chi connectivity index (χ3n) is 2.69. The Balaban J connectivity index is 2.05. The summed E-state index contributed by atoms with van der Waals surface area (Å²) in [4.78, 5) is 0.0969. The molecule has 0 saturated heterocycles. The Labute approximate surface area is 129 Å². The lowest BCUT2D eigenvalue weighted by atomic mass is 10.2. The van der Waals surface area contributed by atoms with Crippen LogP contribution in [-0.2, 0) is 14.3 Å². The quantitative estimate of drug-likeness (QED) is 0.620. The van der Waals surface area contributed by atoms with Crippen LogP contribution in [0.25, 0.3) is 0 Å². The fourth-order valence-electron chi connectivity index (χ4n) is 1.66. The SMILES string of the molecule is Cc1ccc(S(=O)(=O)OC(C)Oc2ccc(Cl)cc2)cc1. The minimum Gasteiger partial charge on any atom is -0.464 e. The van der Waals surface area contributed by atoms with Crippen molar-refractivity contribution >= 4 is 21.7 Å². The Morgan fingerprint density at radius 1 is 1.00 bits per heavy atom. The summed E-state index contributed by atoms with van der Waals surface area (Å²) in [5, 5.41) is 0.572. The molecule has 0 bridgehead atoms. The molecule has 21 heavy (non-hydrogen) atoms. The van der Waals surface area contributed by atoms with E-state index in [0.717, 1.165) is 5.56 Å². The van der Waals surface area contributed by atoms with Gasteiger partial charge in [-0.1, -0.05) is 29.3 Å². The van der Waals surface area contributed by atoms with Crippen LogP contribution in [0.1, 0.15) is 12.5 Å². The molecule has 6 heteroatoms. The molecule has 0 aliphatic rings. The maximum absolute atomic E-state index is 12.1. The molecule has 2 aromatic rings. The van der Waals surface area contributed by atoms with Crippen LogP contribution in [0.2, 0.25) is 5.02 Å². The number of benzene rings is 2. The summed E-state index contributed by atoms with van der Waals surface area (Å²) in [6.07, 6.45) is -0.947. The van der Waals surface area contributed by atoms with E-state index in [2.05, 4.69) is 0 Å². The second kappa shape index (κ2) is 6.47. The first kappa shape index (κ1) is 15.8. The molecule has 0 aromatic heterocycles. The van der Waals surface area contributed by atoms with Crippen LogP contribution in [0.4, 0.5) is 0 Å². The zero-order chi connectivity index (χ0) is 15.5. The van der Waals surface area contributed by atoms with E-state index in [0.29, 0.717) is 10.8 Å². The summed E-state index contributed by atoms with van der Waals surface area (Å²) in [5.74, 6) is 0.478. The summed E-state index contributed by atoms with van der Waals surface area (Å²) < 4.78 is 34.6.